The first-order valence-corrected chi connectivity index (χ1v) is 3.74. The molecule has 1 N–H and O–H groups in total. The molecule has 0 fully saturated rings. The van der Waals surface area contributed by atoms with Gasteiger partial charge in [0.15, 0.2) is 0 Å². The van der Waals surface area contributed by atoms with Gasteiger partial charge in [0.1, 0.15) is 5.82 Å². The Balaban J connectivity index is 3.27. The molecule has 1 rings (SSSR count). The van der Waals surface area contributed by atoms with Gasteiger partial charge in [-0.1, -0.05) is 0 Å². The van der Waals surface area contributed by atoms with Crippen molar-refractivity contribution in [2.45, 2.75) is 13.1 Å². The summed E-state index contributed by atoms with van der Waals surface area (Å²) >= 11 is 0. The molecule has 1 aromatic rings. The molecule has 0 saturated heterocycles. The Morgan fingerprint density at radius 1 is 1.29 bits per heavy atom. The molecule has 0 atom stereocenters. The van der Waals surface area contributed by atoms with Crippen LogP contribution in [0.4, 0.5) is 17.6 Å². The van der Waals surface area contributed by atoms with Crippen molar-refractivity contribution in [1.29, 1.82) is 5.41 Å². The molecule has 0 saturated carbocycles. The average molecular weight is 205 g/mol. The normalized spacial score (nSPS) is 11.5. The van der Waals surface area contributed by atoms with E-state index in [-0.39, 0.29) is 11.3 Å². The van der Waals surface area contributed by atoms with Crippen molar-refractivity contribution in [3.05, 3.63) is 35.1 Å². The van der Waals surface area contributed by atoms with E-state index >= 15 is 0 Å². The summed E-state index contributed by atoms with van der Waals surface area (Å²) in [6, 6.07) is 2.01. The van der Waals surface area contributed by atoms with Crippen molar-refractivity contribution < 1.29 is 17.6 Å². The third-order valence-corrected chi connectivity index (χ3v) is 1.70. The fourth-order valence-electron chi connectivity index (χ4n) is 0.989. The van der Waals surface area contributed by atoms with E-state index in [1.54, 1.807) is 0 Å². The molecule has 0 radical (unpaired) electrons. The van der Waals surface area contributed by atoms with Crippen molar-refractivity contribution >= 4 is 5.71 Å². The molecule has 5 heteroatoms. The molecule has 0 heterocycles. The number of rotatable bonds is 1. The molecule has 0 aromatic heterocycles. The largest absolute Gasteiger partial charge is 0.416 e. The number of hydrogen-bond donors (Lipinski definition) is 1. The van der Waals surface area contributed by atoms with E-state index in [9.17, 15) is 17.6 Å². The predicted molar refractivity (Wildman–Crippen MR) is 43.9 cm³/mol. The van der Waals surface area contributed by atoms with Crippen LogP contribution in [0.3, 0.4) is 0 Å². The van der Waals surface area contributed by atoms with Crippen LogP contribution >= 0.6 is 0 Å². The Hall–Kier alpha value is -1.39. The molecule has 1 nitrogen and oxygen atoms in total. The van der Waals surface area contributed by atoms with Crippen LogP contribution < -0.4 is 0 Å². The van der Waals surface area contributed by atoms with E-state index in [4.69, 9.17) is 5.41 Å². The van der Waals surface area contributed by atoms with Gasteiger partial charge >= 0.3 is 6.18 Å². The Morgan fingerprint density at radius 2 is 1.86 bits per heavy atom. The highest BCUT2D eigenvalue weighted by Crippen LogP contribution is 2.30. The Bertz CT molecular complexity index is 368. The van der Waals surface area contributed by atoms with Crippen LogP contribution in [0.15, 0.2) is 18.2 Å². The van der Waals surface area contributed by atoms with Crippen molar-refractivity contribution in [3.8, 4) is 0 Å². The van der Waals surface area contributed by atoms with Crippen LogP contribution in [-0.4, -0.2) is 5.71 Å². The van der Waals surface area contributed by atoms with E-state index in [0.29, 0.717) is 12.1 Å². The van der Waals surface area contributed by atoms with E-state index in [1.165, 1.54) is 6.92 Å². The molecule has 0 bridgehead atoms. The minimum atomic E-state index is -4.50. The fourth-order valence-corrected chi connectivity index (χ4v) is 0.989. The lowest BCUT2D eigenvalue weighted by Crippen LogP contribution is -2.07. The third-order valence-electron chi connectivity index (χ3n) is 1.70. The highest BCUT2D eigenvalue weighted by molar-refractivity contribution is 5.96. The highest BCUT2D eigenvalue weighted by Gasteiger charge is 2.31. The maximum absolute atomic E-state index is 12.9. The quantitative estimate of drug-likeness (QED) is 0.537. The van der Waals surface area contributed by atoms with Gasteiger partial charge in [-0.3, -0.25) is 0 Å². The topological polar surface area (TPSA) is 23.9 Å². The Kier molecular flexibility index (Phi) is 2.59. The maximum atomic E-state index is 12.9. The molecular formula is C9H7F4N. The molecule has 0 spiro atoms. The van der Waals surface area contributed by atoms with Crippen LogP contribution in [-0.2, 0) is 6.18 Å². The summed E-state index contributed by atoms with van der Waals surface area (Å²) in [5.74, 6) is -0.814. The summed E-state index contributed by atoms with van der Waals surface area (Å²) < 4.78 is 49.4. The van der Waals surface area contributed by atoms with Crippen molar-refractivity contribution in [1.82, 2.24) is 0 Å². The molecule has 1 aromatic carbocycles. The SMILES string of the molecule is CC(=N)c1cc(C(F)(F)F)ccc1F. The first-order chi connectivity index (χ1) is 6.32. The van der Waals surface area contributed by atoms with Crippen LogP contribution in [0.2, 0.25) is 0 Å². The molecule has 14 heavy (non-hydrogen) atoms. The van der Waals surface area contributed by atoms with E-state index < -0.39 is 17.6 Å². The summed E-state index contributed by atoms with van der Waals surface area (Å²) in [6.07, 6.45) is -4.50. The van der Waals surface area contributed by atoms with Gasteiger partial charge in [-0.05, 0) is 25.1 Å². The Labute approximate surface area is 77.9 Å². The monoisotopic (exact) mass is 205 g/mol. The van der Waals surface area contributed by atoms with Crippen LogP contribution in [0.5, 0.6) is 0 Å². The first-order valence-electron chi connectivity index (χ1n) is 3.74. The summed E-state index contributed by atoms with van der Waals surface area (Å²) in [5, 5.41) is 7.07. The molecule has 0 aliphatic carbocycles. The van der Waals surface area contributed by atoms with Crippen LogP contribution in [0.1, 0.15) is 18.1 Å². The molecule has 76 valence electrons. The van der Waals surface area contributed by atoms with Gasteiger partial charge in [-0.2, -0.15) is 13.2 Å². The lowest BCUT2D eigenvalue weighted by Gasteiger charge is -2.08. The number of benzene rings is 1. The van der Waals surface area contributed by atoms with Gasteiger partial charge in [-0.25, -0.2) is 4.39 Å². The number of halogens is 4. The summed E-state index contributed by atoms with van der Waals surface area (Å²) in [6.45, 7) is 1.23. The smallest absolute Gasteiger partial charge is 0.305 e. The second-order valence-corrected chi connectivity index (χ2v) is 2.82. The minimum Gasteiger partial charge on any atom is -0.305 e. The second kappa shape index (κ2) is 3.40. The molecule has 0 unspecified atom stereocenters. The maximum Gasteiger partial charge on any atom is 0.416 e. The molecule has 0 aliphatic rings. The predicted octanol–water partition coefficient (Wildman–Crippen LogP) is 3.23. The zero-order valence-corrected chi connectivity index (χ0v) is 7.24. The highest BCUT2D eigenvalue weighted by atomic mass is 19.4. The molecular weight excluding hydrogens is 198 g/mol. The van der Waals surface area contributed by atoms with E-state index in [0.717, 1.165) is 6.07 Å². The lowest BCUT2D eigenvalue weighted by molar-refractivity contribution is -0.137. The zero-order valence-electron chi connectivity index (χ0n) is 7.24. The van der Waals surface area contributed by atoms with E-state index in [1.807, 2.05) is 0 Å². The standard InChI is InChI=1S/C9H7F4N/c1-5(14)7-4-6(9(11,12)13)2-3-8(7)10/h2-4,14H,1H3. The summed E-state index contributed by atoms with van der Waals surface area (Å²) in [7, 11) is 0. The van der Waals surface area contributed by atoms with Gasteiger partial charge in [0.05, 0.1) is 5.56 Å². The third kappa shape index (κ3) is 2.10. The zero-order chi connectivity index (χ0) is 10.9. The minimum absolute atomic E-state index is 0.228. The Morgan fingerprint density at radius 3 is 2.29 bits per heavy atom. The van der Waals surface area contributed by atoms with Gasteiger partial charge < -0.3 is 5.41 Å². The van der Waals surface area contributed by atoms with Crippen LogP contribution in [0.25, 0.3) is 0 Å². The molecule has 0 aliphatic heterocycles. The van der Waals surface area contributed by atoms with Gasteiger partial charge in [0.25, 0.3) is 0 Å². The lowest BCUT2D eigenvalue weighted by atomic mass is 10.1. The molecule has 0 amide bonds. The van der Waals surface area contributed by atoms with Crippen molar-refractivity contribution in [2.24, 2.45) is 0 Å². The van der Waals surface area contributed by atoms with Crippen molar-refractivity contribution in [2.75, 3.05) is 0 Å². The van der Waals surface area contributed by atoms with Crippen LogP contribution in [0, 0.1) is 11.2 Å². The second-order valence-electron chi connectivity index (χ2n) is 2.82. The van der Waals surface area contributed by atoms with Gasteiger partial charge in [0, 0.05) is 11.3 Å². The average Bonchev–Trinajstić information content (AvgIpc) is 2.02. The number of alkyl halides is 3. The van der Waals surface area contributed by atoms with E-state index in [2.05, 4.69) is 0 Å². The summed E-state index contributed by atoms with van der Waals surface area (Å²) in [5.41, 5.74) is -1.49. The first kappa shape index (κ1) is 10.7. The van der Waals surface area contributed by atoms with Gasteiger partial charge in [0.2, 0.25) is 0 Å². The summed E-state index contributed by atoms with van der Waals surface area (Å²) in [4.78, 5) is 0. The fraction of sp³-hybridized carbons (Fsp3) is 0.222. The number of hydrogen-bond acceptors (Lipinski definition) is 1. The van der Waals surface area contributed by atoms with Gasteiger partial charge in [-0.15, -0.1) is 0 Å². The van der Waals surface area contributed by atoms with Crippen molar-refractivity contribution in [3.63, 3.8) is 0 Å². The number of nitrogens with one attached hydrogen (secondary N) is 1.